The summed E-state index contributed by atoms with van der Waals surface area (Å²) in [5.41, 5.74) is 4.01. The van der Waals surface area contributed by atoms with E-state index in [1.54, 1.807) is 41.8 Å². The normalized spacial score (nSPS) is 14.7. The number of nitrogens with one attached hydrogen (secondary N) is 2. The lowest BCUT2D eigenvalue weighted by atomic mass is 9.93. The van der Waals surface area contributed by atoms with E-state index in [0.717, 1.165) is 48.5 Å². The SMILES string of the molecule is COc1cn(C)nc1C1CCN(c2nc3c(C(C)Nc4ccc(Cl)nc4C(=O)NSC)cc(C)cc3c(=O)n2C)CC1. The smallest absolute Gasteiger partial charge is 0.281 e. The van der Waals surface area contributed by atoms with Gasteiger partial charge in [-0.05, 0) is 50.5 Å². The van der Waals surface area contributed by atoms with Crippen LogP contribution < -0.4 is 25.2 Å². The summed E-state index contributed by atoms with van der Waals surface area (Å²) < 4.78 is 11.7. The van der Waals surface area contributed by atoms with E-state index in [1.807, 2.05) is 39.2 Å². The van der Waals surface area contributed by atoms with E-state index in [0.29, 0.717) is 22.5 Å². The molecule has 3 aromatic heterocycles. The van der Waals surface area contributed by atoms with Crippen LogP contribution >= 0.6 is 23.5 Å². The van der Waals surface area contributed by atoms with Crippen LogP contribution in [-0.2, 0) is 14.1 Å². The Labute approximate surface area is 253 Å². The number of halogens is 1. The van der Waals surface area contributed by atoms with Gasteiger partial charge >= 0.3 is 0 Å². The zero-order valence-corrected chi connectivity index (χ0v) is 26.1. The van der Waals surface area contributed by atoms with Crippen molar-refractivity contribution in [2.24, 2.45) is 14.1 Å². The Balaban J connectivity index is 1.48. The monoisotopic (exact) mass is 610 g/mol. The van der Waals surface area contributed by atoms with Gasteiger partial charge in [-0.2, -0.15) is 5.10 Å². The number of hydrogen-bond donors (Lipinski definition) is 2. The lowest BCUT2D eigenvalue weighted by Crippen LogP contribution is -2.38. The van der Waals surface area contributed by atoms with Crippen LogP contribution in [0.1, 0.15) is 59.0 Å². The molecular weight excluding hydrogens is 576 g/mol. The summed E-state index contributed by atoms with van der Waals surface area (Å²) in [4.78, 5) is 37.9. The van der Waals surface area contributed by atoms with Gasteiger partial charge in [0.05, 0.1) is 35.9 Å². The average molecular weight is 611 g/mol. The van der Waals surface area contributed by atoms with E-state index in [4.69, 9.17) is 21.3 Å². The summed E-state index contributed by atoms with van der Waals surface area (Å²) in [5.74, 6) is 1.35. The summed E-state index contributed by atoms with van der Waals surface area (Å²) in [6.45, 7) is 5.40. The molecule has 1 fully saturated rings. The number of amides is 1. The van der Waals surface area contributed by atoms with E-state index in [-0.39, 0.29) is 34.3 Å². The molecule has 42 heavy (non-hydrogen) atoms. The van der Waals surface area contributed by atoms with Gasteiger partial charge in [-0.3, -0.25) is 23.6 Å². The quantitative estimate of drug-likeness (QED) is 0.218. The Morgan fingerprint density at radius 3 is 2.62 bits per heavy atom. The fourth-order valence-electron chi connectivity index (χ4n) is 5.61. The molecule has 5 rings (SSSR count). The number of aromatic nitrogens is 5. The lowest BCUT2D eigenvalue weighted by molar-refractivity contribution is 0.0980. The first-order valence-electron chi connectivity index (χ1n) is 13.7. The van der Waals surface area contributed by atoms with Crippen LogP contribution in [0, 0.1) is 6.92 Å². The third kappa shape index (κ3) is 5.78. The van der Waals surface area contributed by atoms with Crippen molar-refractivity contribution in [3.63, 3.8) is 0 Å². The molecule has 4 heterocycles. The van der Waals surface area contributed by atoms with Crippen molar-refractivity contribution in [2.45, 2.75) is 38.6 Å². The van der Waals surface area contributed by atoms with Crippen molar-refractivity contribution in [3.8, 4) is 5.75 Å². The standard InChI is InChI=1S/C29H35ClN8O3S/c1-16-13-19(17(2)31-21-7-8-23(30)32-26(21)27(39)35-42-6)25-20(14-16)28(40)37(4)29(33-25)38-11-9-18(10-12-38)24-22(41-5)15-36(3)34-24/h7-8,13-15,17-18,31H,9-12H2,1-6H3,(H,35,39). The largest absolute Gasteiger partial charge is 0.493 e. The average Bonchev–Trinajstić information content (AvgIpc) is 3.36. The first-order chi connectivity index (χ1) is 20.1. The van der Waals surface area contributed by atoms with Crippen molar-refractivity contribution in [3.05, 3.63) is 68.5 Å². The van der Waals surface area contributed by atoms with Crippen LogP contribution in [0.5, 0.6) is 5.75 Å². The number of aryl methyl sites for hydroxylation is 2. The van der Waals surface area contributed by atoms with Gasteiger partial charge in [0.25, 0.3) is 11.5 Å². The molecule has 0 saturated carbocycles. The highest BCUT2D eigenvalue weighted by Gasteiger charge is 2.28. The third-order valence-electron chi connectivity index (χ3n) is 7.65. The number of fused-ring (bicyclic) bond motifs is 1. The topological polar surface area (TPSA) is 119 Å². The molecule has 1 aliphatic heterocycles. The van der Waals surface area contributed by atoms with Crippen LogP contribution in [0.25, 0.3) is 10.9 Å². The van der Waals surface area contributed by atoms with Gasteiger partial charge in [-0.15, -0.1) is 0 Å². The maximum absolute atomic E-state index is 13.7. The first-order valence-corrected chi connectivity index (χ1v) is 15.3. The minimum Gasteiger partial charge on any atom is -0.493 e. The molecule has 2 N–H and O–H groups in total. The summed E-state index contributed by atoms with van der Waals surface area (Å²) >= 11 is 7.29. The van der Waals surface area contributed by atoms with Crippen LogP contribution in [0.4, 0.5) is 11.6 Å². The summed E-state index contributed by atoms with van der Waals surface area (Å²) in [6, 6.07) is 6.98. The number of nitrogens with zero attached hydrogens (tertiary/aromatic N) is 6. The summed E-state index contributed by atoms with van der Waals surface area (Å²) in [7, 11) is 5.34. The number of rotatable bonds is 8. The summed E-state index contributed by atoms with van der Waals surface area (Å²) in [6.07, 6.45) is 5.39. The Hall–Kier alpha value is -3.77. The third-order valence-corrected chi connectivity index (χ3v) is 8.25. The minimum atomic E-state index is -0.352. The van der Waals surface area contributed by atoms with Crippen molar-refractivity contribution in [1.82, 2.24) is 29.0 Å². The zero-order valence-electron chi connectivity index (χ0n) is 24.6. The fourth-order valence-corrected chi connectivity index (χ4v) is 6.04. The molecule has 0 radical (unpaired) electrons. The lowest BCUT2D eigenvalue weighted by Gasteiger charge is -2.33. The zero-order chi connectivity index (χ0) is 30.1. The number of methoxy groups -OCH3 is 1. The molecule has 222 valence electrons. The molecule has 0 aliphatic carbocycles. The van der Waals surface area contributed by atoms with Crippen molar-refractivity contribution in [1.29, 1.82) is 0 Å². The van der Waals surface area contributed by atoms with Crippen molar-refractivity contribution < 1.29 is 9.53 Å². The second kappa shape index (κ2) is 12.2. The second-order valence-corrected chi connectivity index (χ2v) is 11.6. The molecular formula is C29H35ClN8O3S. The van der Waals surface area contributed by atoms with E-state index in [2.05, 4.69) is 25.0 Å². The van der Waals surface area contributed by atoms with Crippen LogP contribution in [0.15, 0.2) is 35.3 Å². The Bertz CT molecular complexity index is 1700. The Morgan fingerprint density at radius 2 is 1.93 bits per heavy atom. The van der Waals surface area contributed by atoms with E-state index < -0.39 is 0 Å². The van der Waals surface area contributed by atoms with Crippen LogP contribution in [0.3, 0.4) is 0 Å². The molecule has 11 nitrogen and oxygen atoms in total. The van der Waals surface area contributed by atoms with Gasteiger partial charge in [0.15, 0.2) is 11.4 Å². The molecule has 1 aromatic carbocycles. The molecule has 1 aliphatic rings. The predicted molar refractivity (Wildman–Crippen MR) is 168 cm³/mol. The molecule has 1 unspecified atom stereocenters. The van der Waals surface area contributed by atoms with E-state index >= 15 is 0 Å². The molecule has 1 atom stereocenters. The predicted octanol–water partition coefficient (Wildman–Crippen LogP) is 4.60. The van der Waals surface area contributed by atoms with Crippen LogP contribution in [0.2, 0.25) is 5.15 Å². The molecule has 13 heteroatoms. The molecule has 1 amide bonds. The highest BCUT2D eigenvalue weighted by molar-refractivity contribution is 7.97. The number of piperidine rings is 1. The van der Waals surface area contributed by atoms with Gasteiger partial charge in [-0.25, -0.2) is 9.97 Å². The Kier molecular flexibility index (Phi) is 8.65. The number of carbonyl (C=O) groups excluding carboxylic acids is 1. The highest BCUT2D eigenvalue weighted by Crippen LogP contribution is 2.35. The number of pyridine rings is 1. The number of carbonyl (C=O) groups is 1. The van der Waals surface area contributed by atoms with Gasteiger partial charge in [0.1, 0.15) is 10.8 Å². The number of hydrogen-bond acceptors (Lipinski definition) is 9. The maximum Gasteiger partial charge on any atom is 0.281 e. The van der Waals surface area contributed by atoms with Gasteiger partial charge in [0, 0.05) is 44.9 Å². The number of ether oxygens (including phenoxy) is 1. The first kappa shape index (κ1) is 29.7. The van der Waals surface area contributed by atoms with Gasteiger partial charge < -0.3 is 15.0 Å². The molecule has 0 spiro atoms. The van der Waals surface area contributed by atoms with Crippen molar-refractivity contribution in [2.75, 3.05) is 36.7 Å². The summed E-state index contributed by atoms with van der Waals surface area (Å²) in [5, 5.41) is 8.82. The minimum absolute atomic E-state index is 0.103. The molecule has 0 bridgehead atoms. The fraction of sp³-hybridized carbons (Fsp3) is 0.414. The van der Waals surface area contributed by atoms with Gasteiger partial charge in [0.2, 0.25) is 5.95 Å². The number of benzene rings is 1. The van der Waals surface area contributed by atoms with Crippen LogP contribution in [-0.4, -0.2) is 56.7 Å². The molecule has 4 aromatic rings. The maximum atomic E-state index is 13.7. The van der Waals surface area contributed by atoms with Gasteiger partial charge in [-0.1, -0.05) is 29.6 Å². The van der Waals surface area contributed by atoms with Crippen molar-refractivity contribution >= 4 is 52.0 Å². The highest BCUT2D eigenvalue weighted by atomic mass is 35.5. The number of anilines is 2. The van der Waals surface area contributed by atoms with E-state index in [9.17, 15) is 9.59 Å². The Morgan fingerprint density at radius 1 is 1.19 bits per heavy atom. The second-order valence-electron chi connectivity index (χ2n) is 10.6. The van der Waals surface area contributed by atoms with E-state index in [1.165, 1.54) is 11.9 Å². The molecule has 1 saturated heterocycles.